The predicted octanol–water partition coefficient (Wildman–Crippen LogP) is -0.0841. The Hall–Kier alpha value is -1.66. The summed E-state index contributed by atoms with van der Waals surface area (Å²) < 4.78 is 31.7. The highest BCUT2D eigenvalue weighted by Crippen LogP contribution is 2.13. The van der Waals surface area contributed by atoms with Gasteiger partial charge in [0.15, 0.2) is 0 Å². The lowest BCUT2D eigenvalue weighted by molar-refractivity contribution is -0.192. The first-order valence-corrected chi connectivity index (χ1v) is 2.81. The zero-order valence-electron chi connectivity index (χ0n) is 5.96. The van der Waals surface area contributed by atoms with Crippen molar-refractivity contribution in [1.82, 2.24) is 0 Å². The predicted molar refractivity (Wildman–Crippen MR) is 35.0 cm³/mol. The summed E-state index contributed by atoms with van der Waals surface area (Å²) in [6.07, 6.45) is -5.08. The lowest BCUT2D eigenvalue weighted by Crippen LogP contribution is -2.26. The summed E-state index contributed by atoms with van der Waals surface area (Å²) in [5.74, 6) is -2.76. The molecule has 13 heavy (non-hydrogen) atoms. The molecule has 0 unspecified atom stereocenters. The SMILES string of the molecule is O=C(O)C(F)(F)F.O=c1ccc1=O. The number of rotatable bonds is 0. The molecule has 72 valence electrons. The average molecular weight is 196 g/mol. The summed E-state index contributed by atoms with van der Waals surface area (Å²) in [6, 6.07) is 2.50. The van der Waals surface area contributed by atoms with Crippen LogP contribution >= 0.6 is 0 Å². The van der Waals surface area contributed by atoms with Crippen LogP contribution < -0.4 is 10.9 Å². The molecular formula is C6H3F3O4. The Kier molecular flexibility index (Phi) is 3.34. The van der Waals surface area contributed by atoms with Gasteiger partial charge in [-0.3, -0.25) is 9.59 Å². The lowest BCUT2D eigenvalue weighted by Gasteiger charge is -1.93. The number of hydrogen-bond donors (Lipinski definition) is 1. The molecule has 4 nitrogen and oxygen atoms in total. The Morgan fingerprint density at radius 2 is 1.38 bits per heavy atom. The van der Waals surface area contributed by atoms with Gasteiger partial charge in [-0.1, -0.05) is 0 Å². The zero-order valence-corrected chi connectivity index (χ0v) is 5.96. The zero-order chi connectivity index (χ0) is 10.6. The Bertz CT molecular complexity index is 334. The van der Waals surface area contributed by atoms with Crippen molar-refractivity contribution in [1.29, 1.82) is 0 Å². The van der Waals surface area contributed by atoms with E-state index in [2.05, 4.69) is 0 Å². The second-order valence-corrected chi connectivity index (χ2v) is 1.86. The van der Waals surface area contributed by atoms with Gasteiger partial charge in [0.25, 0.3) is 0 Å². The van der Waals surface area contributed by atoms with Crippen LogP contribution in [0.1, 0.15) is 0 Å². The number of halogens is 3. The fourth-order valence-corrected chi connectivity index (χ4v) is 0.219. The van der Waals surface area contributed by atoms with E-state index in [-0.39, 0.29) is 10.9 Å². The van der Waals surface area contributed by atoms with Crippen molar-refractivity contribution in [2.24, 2.45) is 0 Å². The molecule has 1 aromatic carbocycles. The van der Waals surface area contributed by atoms with Crippen LogP contribution in [-0.4, -0.2) is 17.3 Å². The minimum absolute atomic E-state index is 0.380. The van der Waals surface area contributed by atoms with Crippen molar-refractivity contribution in [3.05, 3.63) is 32.6 Å². The Morgan fingerprint density at radius 3 is 1.38 bits per heavy atom. The highest BCUT2D eigenvalue weighted by atomic mass is 19.4. The smallest absolute Gasteiger partial charge is 0.475 e. The van der Waals surface area contributed by atoms with Crippen molar-refractivity contribution in [2.45, 2.75) is 6.18 Å². The summed E-state index contributed by atoms with van der Waals surface area (Å²) in [6.45, 7) is 0. The van der Waals surface area contributed by atoms with Gasteiger partial charge in [-0.15, -0.1) is 0 Å². The van der Waals surface area contributed by atoms with Gasteiger partial charge in [-0.05, 0) is 12.1 Å². The van der Waals surface area contributed by atoms with E-state index in [9.17, 15) is 22.8 Å². The van der Waals surface area contributed by atoms with E-state index in [1.54, 1.807) is 0 Å². The van der Waals surface area contributed by atoms with Crippen molar-refractivity contribution in [3.8, 4) is 0 Å². The third-order valence-corrected chi connectivity index (χ3v) is 0.871. The maximum Gasteiger partial charge on any atom is 0.490 e. The summed E-state index contributed by atoms with van der Waals surface area (Å²) in [5.41, 5.74) is -0.759. The van der Waals surface area contributed by atoms with Crippen molar-refractivity contribution in [3.63, 3.8) is 0 Å². The molecular weight excluding hydrogens is 193 g/mol. The lowest BCUT2D eigenvalue weighted by atomic mass is 10.3. The van der Waals surface area contributed by atoms with Gasteiger partial charge < -0.3 is 5.11 Å². The van der Waals surface area contributed by atoms with Gasteiger partial charge in [-0.2, -0.15) is 13.2 Å². The van der Waals surface area contributed by atoms with E-state index in [0.717, 1.165) is 0 Å². The maximum atomic E-state index is 10.6. The largest absolute Gasteiger partial charge is 0.490 e. The molecule has 0 heterocycles. The van der Waals surface area contributed by atoms with E-state index < -0.39 is 12.1 Å². The van der Waals surface area contributed by atoms with Crippen LogP contribution in [0.2, 0.25) is 0 Å². The molecule has 0 aliphatic rings. The maximum absolute atomic E-state index is 10.6. The molecule has 1 N–H and O–H groups in total. The van der Waals surface area contributed by atoms with E-state index in [1.807, 2.05) is 0 Å². The molecule has 0 aromatic heterocycles. The topological polar surface area (TPSA) is 71.4 Å². The summed E-state index contributed by atoms with van der Waals surface area (Å²) >= 11 is 0. The first-order chi connectivity index (χ1) is 5.75. The first kappa shape index (κ1) is 11.3. The van der Waals surface area contributed by atoms with Gasteiger partial charge in [0.1, 0.15) is 0 Å². The molecule has 0 bridgehead atoms. The average Bonchev–Trinajstić information content (AvgIpc) is 2.00. The highest BCUT2D eigenvalue weighted by molar-refractivity contribution is 5.73. The van der Waals surface area contributed by atoms with Crippen LogP contribution in [0.4, 0.5) is 13.2 Å². The molecule has 0 saturated heterocycles. The van der Waals surface area contributed by atoms with Gasteiger partial charge in [0.05, 0.1) is 0 Å². The van der Waals surface area contributed by atoms with Crippen molar-refractivity contribution >= 4 is 5.97 Å². The van der Waals surface area contributed by atoms with Crippen LogP contribution in [0.5, 0.6) is 0 Å². The van der Waals surface area contributed by atoms with E-state index in [4.69, 9.17) is 9.90 Å². The van der Waals surface area contributed by atoms with Gasteiger partial charge in [-0.25, -0.2) is 4.79 Å². The van der Waals surface area contributed by atoms with Crippen LogP contribution in [-0.2, 0) is 4.79 Å². The molecule has 1 rings (SSSR count). The molecule has 0 spiro atoms. The molecule has 0 aliphatic heterocycles. The second-order valence-electron chi connectivity index (χ2n) is 1.86. The van der Waals surface area contributed by atoms with E-state index in [1.165, 1.54) is 12.1 Å². The first-order valence-electron chi connectivity index (χ1n) is 2.81. The molecule has 0 radical (unpaired) electrons. The molecule has 0 saturated carbocycles. The number of carboxylic acid groups (broad SMARTS) is 1. The van der Waals surface area contributed by atoms with Crippen molar-refractivity contribution in [2.75, 3.05) is 0 Å². The van der Waals surface area contributed by atoms with Crippen LogP contribution in [0.3, 0.4) is 0 Å². The third kappa shape index (κ3) is 4.04. The third-order valence-electron chi connectivity index (χ3n) is 0.871. The quantitative estimate of drug-likeness (QED) is 0.589. The van der Waals surface area contributed by atoms with Gasteiger partial charge in [0.2, 0.25) is 10.9 Å². The van der Waals surface area contributed by atoms with E-state index in [0.29, 0.717) is 0 Å². The Morgan fingerprint density at radius 1 is 1.15 bits per heavy atom. The van der Waals surface area contributed by atoms with Gasteiger partial charge >= 0.3 is 12.1 Å². The minimum Gasteiger partial charge on any atom is -0.475 e. The molecule has 0 atom stereocenters. The van der Waals surface area contributed by atoms with Crippen molar-refractivity contribution < 1.29 is 23.1 Å². The minimum atomic E-state index is -5.08. The summed E-state index contributed by atoms with van der Waals surface area (Å²) in [7, 11) is 0. The number of aliphatic carboxylic acids is 1. The van der Waals surface area contributed by atoms with Crippen LogP contribution in [0, 0.1) is 0 Å². The standard InChI is InChI=1S/C4H2O2.C2HF3O2/c5-3-1-2-4(3)6;3-2(4,5)1(6)7/h1-2H;(H,6,7). The van der Waals surface area contributed by atoms with Crippen LogP contribution in [0.15, 0.2) is 21.7 Å². The molecule has 0 amide bonds. The molecule has 7 heteroatoms. The molecule has 0 aliphatic carbocycles. The fourth-order valence-electron chi connectivity index (χ4n) is 0.219. The summed E-state index contributed by atoms with van der Waals surface area (Å²) in [4.78, 5) is 28.5. The number of carbonyl (C=O) groups is 1. The Balaban J connectivity index is 0.000000223. The Labute approximate surface area is 68.9 Å². The van der Waals surface area contributed by atoms with Gasteiger partial charge in [0, 0.05) is 0 Å². The van der Waals surface area contributed by atoms with E-state index >= 15 is 0 Å². The highest BCUT2D eigenvalue weighted by Gasteiger charge is 2.38. The monoisotopic (exact) mass is 196 g/mol. The molecule has 1 aromatic rings. The molecule has 0 fully saturated rings. The second kappa shape index (κ2) is 3.83. The summed E-state index contributed by atoms with van der Waals surface area (Å²) in [5, 5.41) is 7.12. The number of hydrogen-bond acceptors (Lipinski definition) is 3. The fraction of sp³-hybridized carbons (Fsp3) is 0.167. The normalized spacial score (nSPS) is 10.4. The van der Waals surface area contributed by atoms with Crippen LogP contribution in [0.25, 0.3) is 0 Å². The number of carboxylic acids is 1. The number of alkyl halides is 3.